The molecule has 0 spiro atoms. The van der Waals surface area contributed by atoms with Gasteiger partial charge in [-0.05, 0) is 35.0 Å². The van der Waals surface area contributed by atoms with Crippen molar-refractivity contribution in [2.75, 3.05) is 12.8 Å². The van der Waals surface area contributed by atoms with Gasteiger partial charge in [0, 0.05) is 21.4 Å². The number of thiazole rings is 1. The fourth-order valence-corrected chi connectivity index (χ4v) is 5.55. The highest BCUT2D eigenvalue weighted by Gasteiger charge is 2.27. The van der Waals surface area contributed by atoms with E-state index in [4.69, 9.17) is 5.73 Å². The minimum atomic E-state index is -3.70. The molecule has 2 aromatic rings. The summed E-state index contributed by atoms with van der Waals surface area (Å²) in [5.74, 6) is 0. The van der Waals surface area contributed by atoms with Gasteiger partial charge in [-0.15, -0.1) is 11.3 Å². The Morgan fingerprint density at radius 3 is 2.57 bits per heavy atom. The Morgan fingerprint density at radius 1 is 1.38 bits per heavy atom. The Labute approximate surface area is 144 Å². The Bertz CT molecular complexity index is 752. The smallest absolute Gasteiger partial charge is 0.246 e. The third-order valence-electron chi connectivity index (χ3n) is 2.76. The van der Waals surface area contributed by atoms with Gasteiger partial charge in [0.05, 0.1) is 22.9 Å². The first-order chi connectivity index (χ1) is 9.71. The molecule has 2 N–H and O–H groups in total. The summed E-state index contributed by atoms with van der Waals surface area (Å²) in [6, 6.07) is 3.22. The second-order valence-corrected chi connectivity index (χ2v) is 9.24. The number of hydrogen-bond acceptors (Lipinski definition) is 5. The zero-order valence-electron chi connectivity index (χ0n) is 11.3. The number of nitrogens with two attached hydrogens (primary N) is 1. The molecule has 5 nitrogen and oxygen atoms in total. The largest absolute Gasteiger partial charge is 0.398 e. The lowest BCUT2D eigenvalue weighted by Gasteiger charge is -2.18. The van der Waals surface area contributed by atoms with Crippen molar-refractivity contribution in [3.63, 3.8) is 0 Å². The van der Waals surface area contributed by atoms with Crippen LogP contribution in [0.3, 0.4) is 0 Å². The van der Waals surface area contributed by atoms with Crippen molar-refractivity contribution in [2.24, 2.45) is 0 Å². The van der Waals surface area contributed by atoms with Gasteiger partial charge in [-0.3, -0.25) is 0 Å². The predicted molar refractivity (Wildman–Crippen MR) is 91.8 cm³/mol. The maximum Gasteiger partial charge on any atom is 0.246 e. The van der Waals surface area contributed by atoms with Crippen LogP contribution in [0.2, 0.25) is 0 Å². The molecule has 0 atom stereocenters. The molecule has 0 saturated heterocycles. The molecule has 21 heavy (non-hydrogen) atoms. The van der Waals surface area contributed by atoms with E-state index in [1.807, 2.05) is 12.3 Å². The van der Waals surface area contributed by atoms with Crippen molar-refractivity contribution < 1.29 is 8.42 Å². The van der Waals surface area contributed by atoms with Crippen molar-refractivity contribution in [1.29, 1.82) is 0 Å². The van der Waals surface area contributed by atoms with E-state index in [9.17, 15) is 8.42 Å². The van der Waals surface area contributed by atoms with Gasteiger partial charge in [0.2, 0.25) is 10.0 Å². The zero-order chi connectivity index (χ0) is 15.8. The van der Waals surface area contributed by atoms with Gasteiger partial charge in [-0.2, -0.15) is 4.31 Å². The van der Waals surface area contributed by atoms with Crippen LogP contribution in [0.5, 0.6) is 0 Å². The van der Waals surface area contributed by atoms with Crippen LogP contribution in [-0.2, 0) is 16.6 Å². The summed E-state index contributed by atoms with van der Waals surface area (Å²) >= 11 is 8.03. The van der Waals surface area contributed by atoms with E-state index in [1.165, 1.54) is 22.7 Å². The van der Waals surface area contributed by atoms with Gasteiger partial charge in [0.25, 0.3) is 0 Å². The molecule has 0 unspecified atom stereocenters. The zero-order valence-corrected chi connectivity index (χ0v) is 16.1. The van der Waals surface area contributed by atoms with Crippen LogP contribution in [0.15, 0.2) is 31.4 Å². The third kappa shape index (κ3) is 3.65. The van der Waals surface area contributed by atoms with Gasteiger partial charge >= 0.3 is 0 Å². The summed E-state index contributed by atoms with van der Waals surface area (Å²) in [7, 11) is -2.19. The summed E-state index contributed by atoms with van der Waals surface area (Å²) in [5, 5.41) is 2.75. The number of nitrogen functional groups attached to an aromatic ring is 1. The Hall–Kier alpha value is -0.480. The van der Waals surface area contributed by atoms with E-state index in [2.05, 4.69) is 36.8 Å². The Balaban J connectivity index is 2.38. The Morgan fingerprint density at radius 2 is 2.05 bits per heavy atom. The summed E-state index contributed by atoms with van der Waals surface area (Å²) < 4.78 is 27.7. The number of rotatable bonds is 4. The standard InChI is InChI=1S/C12H13Br2N3O2S2/c1-7-16-9(6-20-7)5-17(2)21(18,19)12-10(14)3-8(13)4-11(12)15/h3-4,6H,5,15H2,1-2H3. The fraction of sp³-hybridized carbons (Fsp3) is 0.250. The minimum Gasteiger partial charge on any atom is -0.398 e. The molecule has 0 aliphatic rings. The van der Waals surface area contributed by atoms with E-state index in [0.29, 0.717) is 8.95 Å². The molecule has 0 aliphatic carbocycles. The average molecular weight is 455 g/mol. The summed E-state index contributed by atoms with van der Waals surface area (Å²) in [6.45, 7) is 2.08. The molecule has 0 bridgehead atoms. The van der Waals surface area contributed by atoms with Crippen LogP contribution >= 0.6 is 43.2 Å². The highest BCUT2D eigenvalue weighted by molar-refractivity contribution is 9.11. The monoisotopic (exact) mass is 453 g/mol. The molecule has 1 aromatic heterocycles. The topological polar surface area (TPSA) is 76.3 Å². The lowest BCUT2D eigenvalue weighted by Crippen LogP contribution is -2.27. The summed E-state index contributed by atoms with van der Waals surface area (Å²) in [5.41, 5.74) is 6.77. The highest BCUT2D eigenvalue weighted by Crippen LogP contribution is 2.33. The first-order valence-electron chi connectivity index (χ1n) is 5.83. The summed E-state index contributed by atoms with van der Waals surface area (Å²) in [6.07, 6.45) is 0. The van der Waals surface area contributed by atoms with Crippen LogP contribution < -0.4 is 5.73 Å². The second kappa shape index (κ2) is 6.33. The van der Waals surface area contributed by atoms with Crippen LogP contribution in [0.1, 0.15) is 10.7 Å². The fourth-order valence-electron chi connectivity index (χ4n) is 1.80. The molecule has 1 heterocycles. The molecule has 0 radical (unpaired) electrons. The normalized spacial score (nSPS) is 12.0. The summed E-state index contributed by atoms with van der Waals surface area (Å²) in [4.78, 5) is 4.35. The molecule has 0 amide bonds. The number of benzene rings is 1. The number of hydrogen-bond donors (Lipinski definition) is 1. The van der Waals surface area contributed by atoms with Crippen LogP contribution in [-0.4, -0.2) is 24.8 Å². The first-order valence-corrected chi connectivity index (χ1v) is 9.74. The quantitative estimate of drug-likeness (QED) is 0.718. The average Bonchev–Trinajstić information content (AvgIpc) is 2.72. The van der Waals surface area contributed by atoms with Gasteiger partial charge in [-0.1, -0.05) is 15.9 Å². The molecular weight excluding hydrogens is 442 g/mol. The van der Waals surface area contributed by atoms with E-state index >= 15 is 0 Å². The van der Waals surface area contributed by atoms with Gasteiger partial charge in [0.15, 0.2) is 0 Å². The third-order valence-corrected chi connectivity index (χ3v) is 6.85. The van der Waals surface area contributed by atoms with Gasteiger partial charge in [-0.25, -0.2) is 13.4 Å². The van der Waals surface area contributed by atoms with Crippen molar-refractivity contribution in [2.45, 2.75) is 18.4 Å². The maximum atomic E-state index is 12.7. The lowest BCUT2D eigenvalue weighted by molar-refractivity contribution is 0.462. The van der Waals surface area contributed by atoms with Gasteiger partial charge < -0.3 is 5.73 Å². The van der Waals surface area contributed by atoms with Crippen molar-refractivity contribution in [3.8, 4) is 0 Å². The second-order valence-electron chi connectivity index (χ2n) is 4.42. The van der Waals surface area contributed by atoms with E-state index < -0.39 is 10.0 Å². The number of aryl methyl sites for hydroxylation is 1. The molecular formula is C12H13Br2N3O2S2. The Kier molecular flexibility index (Phi) is 5.09. The van der Waals surface area contributed by atoms with E-state index in [0.717, 1.165) is 10.7 Å². The van der Waals surface area contributed by atoms with Crippen LogP contribution in [0, 0.1) is 6.92 Å². The molecule has 114 valence electrons. The molecule has 9 heteroatoms. The van der Waals surface area contributed by atoms with Crippen molar-refractivity contribution in [1.82, 2.24) is 9.29 Å². The minimum absolute atomic E-state index is 0.0696. The molecule has 0 saturated carbocycles. The number of anilines is 1. The maximum absolute atomic E-state index is 12.7. The first kappa shape index (κ1) is 16.9. The highest BCUT2D eigenvalue weighted by atomic mass is 79.9. The number of nitrogens with zero attached hydrogens (tertiary/aromatic N) is 2. The van der Waals surface area contributed by atoms with Crippen LogP contribution in [0.25, 0.3) is 0 Å². The predicted octanol–water partition coefficient (Wildman–Crippen LogP) is 3.38. The van der Waals surface area contributed by atoms with E-state index in [1.54, 1.807) is 12.1 Å². The number of halogens is 2. The lowest BCUT2D eigenvalue weighted by atomic mass is 10.3. The molecule has 2 rings (SSSR count). The van der Waals surface area contributed by atoms with Gasteiger partial charge in [0.1, 0.15) is 4.90 Å². The van der Waals surface area contributed by atoms with E-state index in [-0.39, 0.29) is 17.1 Å². The SMILES string of the molecule is Cc1nc(CN(C)S(=O)(=O)c2c(N)cc(Br)cc2Br)cs1. The van der Waals surface area contributed by atoms with Crippen molar-refractivity contribution in [3.05, 3.63) is 37.2 Å². The molecule has 1 aromatic carbocycles. The molecule has 0 fully saturated rings. The van der Waals surface area contributed by atoms with Crippen LogP contribution in [0.4, 0.5) is 5.69 Å². The number of sulfonamides is 1. The molecule has 0 aliphatic heterocycles. The number of aromatic nitrogens is 1. The van der Waals surface area contributed by atoms with Crippen molar-refractivity contribution >= 4 is 58.9 Å².